The standard InChI is InChI=1S/C36H43N7O5S/c1-23(44)31(34(48)41-27(16-10-22-39-36(37)38)32(46)35-42-26-15-8-9-17-29(26)49-35)43-33(47)28(20-18-24-11-4-2-5-12-24)40-30(45)21-19-25-13-6-3-7-14-25/h2-9,11-15,17,23,27-28,31,44H,10,16,18-22H2,1H3,(H,40,45)(H,41,48)(H,43,47)(H4,37,38,39)/t23-,27-,28-,31-/m0/s1. The van der Waals surface area contributed by atoms with Crippen molar-refractivity contribution in [1.82, 2.24) is 20.9 Å². The molecular weight excluding hydrogens is 643 g/mol. The number of ketones is 1. The zero-order valence-electron chi connectivity index (χ0n) is 27.4. The Labute approximate surface area is 289 Å². The number of rotatable bonds is 18. The summed E-state index contributed by atoms with van der Waals surface area (Å²) in [6.07, 6.45) is 0.604. The number of benzene rings is 3. The van der Waals surface area contributed by atoms with Crippen molar-refractivity contribution in [2.24, 2.45) is 16.5 Å². The highest BCUT2D eigenvalue weighted by Crippen LogP contribution is 2.23. The zero-order valence-corrected chi connectivity index (χ0v) is 28.2. The number of aryl methyl sites for hydroxylation is 2. The smallest absolute Gasteiger partial charge is 0.245 e. The Morgan fingerprint density at radius 3 is 2.06 bits per heavy atom. The van der Waals surface area contributed by atoms with Gasteiger partial charge in [-0.1, -0.05) is 72.8 Å². The molecule has 0 aliphatic heterocycles. The second-order valence-electron chi connectivity index (χ2n) is 11.7. The van der Waals surface area contributed by atoms with Gasteiger partial charge in [0, 0.05) is 13.0 Å². The summed E-state index contributed by atoms with van der Waals surface area (Å²) in [5.74, 6) is -2.23. The molecule has 4 atom stereocenters. The van der Waals surface area contributed by atoms with E-state index < -0.39 is 41.8 Å². The maximum absolute atomic E-state index is 13.7. The van der Waals surface area contributed by atoms with E-state index in [0.29, 0.717) is 24.8 Å². The summed E-state index contributed by atoms with van der Waals surface area (Å²) >= 11 is 1.21. The number of guanidine groups is 1. The minimum Gasteiger partial charge on any atom is -0.391 e. The number of nitrogens with one attached hydrogen (secondary N) is 3. The number of thiazole rings is 1. The van der Waals surface area contributed by atoms with Gasteiger partial charge in [-0.3, -0.25) is 24.2 Å². The van der Waals surface area contributed by atoms with Crippen molar-refractivity contribution in [3.63, 3.8) is 0 Å². The van der Waals surface area contributed by atoms with Crippen LogP contribution in [0.3, 0.4) is 0 Å². The summed E-state index contributed by atoms with van der Waals surface area (Å²) in [6, 6.07) is 22.9. The Hall–Kier alpha value is -5.14. The van der Waals surface area contributed by atoms with Gasteiger partial charge < -0.3 is 32.5 Å². The molecule has 0 aliphatic carbocycles. The number of aliphatic imine (C=N–C) groups is 1. The number of Topliss-reactive ketones (excluding diaryl/α,β-unsaturated/α-hetero) is 1. The van der Waals surface area contributed by atoms with Crippen molar-refractivity contribution in [1.29, 1.82) is 0 Å². The SMILES string of the molecule is C[C@H](O)[C@H](NC(=O)[C@H](CCc1ccccc1)NC(=O)CCc1ccccc1)C(=O)N[C@@H](CCCN=C(N)N)C(=O)c1nc2ccccc2s1. The fraction of sp³-hybridized carbons (Fsp3) is 0.333. The summed E-state index contributed by atoms with van der Waals surface area (Å²) in [4.78, 5) is 62.4. The number of aliphatic hydroxyl groups excluding tert-OH is 1. The lowest BCUT2D eigenvalue weighted by Crippen LogP contribution is -2.59. The van der Waals surface area contributed by atoms with Crippen LogP contribution in [0.25, 0.3) is 10.2 Å². The molecule has 0 fully saturated rings. The molecule has 0 spiro atoms. The predicted molar refractivity (Wildman–Crippen MR) is 191 cm³/mol. The van der Waals surface area contributed by atoms with E-state index in [1.807, 2.05) is 78.9 Å². The lowest BCUT2D eigenvalue weighted by Gasteiger charge is -2.26. The highest BCUT2D eigenvalue weighted by Gasteiger charge is 2.33. The van der Waals surface area contributed by atoms with Gasteiger partial charge in [-0.05, 0) is 62.3 Å². The fourth-order valence-electron chi connectivity index (χ4n) is 5.21. The van der Waals surface area contributed by atoms with Crippen LogP contribution in [0.4, 0.5) is 0 Å². The lowest BCUT2D eigenvalue weighted by molar-refractivity contribution is -0.134. The van der Waals surface area contributed by atoms with E-state index >= 15 is 0 Å². The van der Waals surface area contributed by atoms with Crippen LogP contribution < -0.4 is 27.4 Å². The Kier molecular flexibility index (Phi) is 13.8. The minimum absolute atomic E-state index is 0.0936. The Balaban J connectivity index is 1.48. The van der Waals surface area contributed by atoms with Gasteiger partial charge in [-0.25, -0.2) is 4.98 Å². The van der Waals surface area contributed by atoms with E-state index in [0.717, 1.165) is 15.8 Å². The van der Waals surface area contributed by atoms with Gasteiger partial charge in [0.2, 0.25) is 23.5 Å². The number of nitrogens with two attached hydrogens (primary N) is 2. The average Bonchev–Trinajstić information content (AvgIpc) is 3.54. The van der Waals surface area contributed by atoms with Gasteiger partial charge in [0.25, 0.3) is 0 Å². The van der Waals surface area contributed by atoms with Crippen LogP contribution in [-0.4, -0.2) is 70.3 Å². The van der Waals surface area contributed by atoms with Crippen molar-refractivity contribution >= 4 is 51.0 Å². The van der Waals surface area contributed by atoms with Crippen LogP contribution in [0.1, 0.15) is 53.5 Å². The second-order valence-corrected chi connectivity index (χ2v) is 12.7. The van der Waals surface area contributed by atoms with Crippen molar-refractivity contribution in [3.8, 4) is 0 Å². The fourth-order valence-corrected chi connectivity index (χ4v) is 6.17. The number of carbonyl (C=O) groups excluding carboxylic acids is 4. The molecule has 3 amide bonds. The number of aromatic nitrogens is 1. The molecule has 0 saturated carbocycles. The molecule has 1 aromatic heterocycles. The quantitative estimate of drug-likeness (QED) is 0.0397. The molecule has 0 radical (unpaired) electrons. The normalized spacial score (nSPS) is 13.4. The van der Waals surface area contributed by atoms with Crippen LogP contribution in [0.5, 0.6) is 0 Å². The minimum atomic E-state index is -1.42. The second kappa shape index (κ2) is 18.4. The van der Waals surface area contributed by atoms with Gasteiger partial charge in [-0.15, -0.1) is 11.3 Å². The summed E-state index contributed by atoms with van der Waals surface area (Å²) in [5.41, 5.74) is 13.5. The van der Waals surface area contributed by atoms with Gasteiger partial charge in [0.05, 0.1) is 22.4 Å². The van der Waals surface area contributed by atoms with E-state index in [2.05, 4.69) is 25.9 Å². The molecule has 12 nitrogen and oxygen atoms in total. The maximum Gasteiger partial charge on any atom is 0.245 e. The molecule has 49 heavy (non-hydrogen) atoms. The number of hydrogen-bond donors (Lipinski definition) is 6. The molecule has 1 heterocycles. The van der Waals surface area contributed by atoms with Crippen LogP contribution in [0.2, 0.25) is 0 Å². The van der Waals surface area contributed by atoms with Gasteiger partial charge in [0.15, 0.2) is 11.0 Å². The van der Waals surface area contributed by atoms with Crippen molar-refractivity contribution in [2.75, 3.05) is 6.54 Å². The Morgan fingerprint density at radius 2 is 1.43 bits per heavy atom. The Morgan fingerprint density at radius 1 is 0.796 bits per heavy atom. The van der Waals surface area contributed by atoms with E-state index in [1.165, 1.54) is 18.3 Å². The number of aliphatic hydroxyl groups is 1. The zero-order chi connectivity index (χ0) is 35.2. The molecular formula is C36H43N7O5S. The molecule has 0 bridgehead atoms. The third-order valence-corrected chi connectivity index (χ3v) is 8.90. The number of fused-ring (bicyclic) bond motifs is 1. The maximum atomic E-state index is 13.7. The third kappa shape index (κ3) is 11.5. The van der Waals surface area contributed by atoms with Gasteiger partial charge in [0.1, 0.15) is 12.1 Å². The van der Waals surface area contributed by atoms with Crippen LogP contribution in [0.15, 0.2) is 89.9 Å². The molecule has 0 unspecified atom stereocenters. The number of hydrogen-bond acceptors (Lipinski definition) is 8. The van der Waals surface area contributed by atoms with Crippen molar-refractivity contribution < 1.29 is 24.3 Å². The molecule has 4 aromatic rings. The summed E-state index contributed by atoms with van der Waals surface area (Å²) < 4.78 is 0.818. The summed E-state index contributed by atoms with van der Waals surface area (Å²) in [6.45, 7) is 1.59. The highest BCUT2D eigenvalue weighted by atomic mass is 32.1. The van der Waals surface area contributed by atoms with E-state index in [4.69, 9.17) is 11.5 Å². The number of carbonyl (C=O) groups is 4. The van der Waals surface area contributed by atoms with Gasteiger partial charge >= 0.3 is 0 Å². The van der Waals surface area contributed by atoms with Crippen molar-refractivity contribution in [2.45, 2.75) is 69.7 Å². The molecule has 4 rings (SSSR count). The third-order valence-electron chi connectivity index (χ3n) is 7.85. The number of para-hydroxylation sites is 1. The lowest BCUT2D eigenvalue weighted by atomic mass is 10.0. The van der Waals surface area contributed by atoms with E-state index in [9.17, 15) is 24.3 Å². The molecule has 0 aliphatic rings. The van der Waals surface area contributed by atoms with Crippen LogP contribution in [-0.2, 0) is 27.2 Å². The largest absolute Gasteiger partial charge is 0.391 e. The molecule has 258 valence electrons. The van der Waals surface area contributed by atoms with Crippen molar-refractivity contribution in [3.05, 3.63) is 101 Å². The van der Waals surface area contributed by atoms with Crippen LogP contribution >= 0.6 is 11.3 Å². The molecule has 8 N–H and O–H groups in total. The first-order valence-electron chi connectivity index (χ1n) is 16.2. The topological polar surface area (TPSA) is 202 Å². The highest BCUT2D eigenvalue weighted by molar-refractivity contribution is 7.20. The predicted octanol–water partition coefficient (Wildman–Crippen LogP) is 2.63. The van der Waals surface area contributed by atoms with Crippen LogP contribution in [0, 0.1) is 0 Å². The first kappa shape index (κ1) is 36.7. The first-order valence-corrected chi connectivity index (χ1v) is 17.0. The summed E-state index contributed by atoms with van der Waals surface area (Å²) in [7, 11) is 0. The monoisotopic (exact) mass is 685 g/mol. The van der Waals surface area contributed by atoms with Gasteiger partial charge in [-0.2, -0.15) is 0 Å². The molecule has 13 heteroatoms. The molecule has 0 saturated heterocycles. The average molecular weight is 686 g/mol. The van der Waals surface area contributed by atoms with E-state index in [1.54, 1.807) is 6.07 Å². The number of amides is 3. The summed E-state index contributed by atoms with van der Waals surface area (Å²) in [5, 5.41) is 19.0. The molecule has 3 aromatic carbocycles. The number of nitrogens with zero attached hydrogens (tertiary/aromatic N) is 2. The Bertz CT molecular complexity index is 1690. The van der Waals surface area contributed by atoms with E-state index in [-0.39, 0.29) is 42.7 Å². The first-order chi connectivity index (χ1) is 23.6.